The number of nitrogens with one attached hydrogen (secondary N) is 1. The van der Waals surface area contributed by atoms with E-state index in [0.717, 1.165) is 5.92 Å². The summed E-state index contributed by atoms with van der Waals surface area (Å²) >= 11 is 1.77. The molecule has 3 heteroatoms. The van der Waals surface area contributed by atoms with Crippen molar-refractivity contribution in [3.05, 3.63) is 16.1 Å². The van der Waals surface area contributed by atoms with Crippen LogP contribution in [0.1, 0.15) is 36.4 Å². The third kappa shape index (κ3) is 1.71. The van der Waals surface area contributed by atoms with Crippen molar-refractivity contribution in [3.8, 4) is 0 Å². The van der Waals surface area contributed by atoms with Gasteiger partial charge in [-0.3, -0.25) is 0 Å². The zero-order chi connectivity index (χ0) is 10.1. The first-order valence-corrected chi connectivity index (χ1v) is 6.19. The number of aromatic nitrogens is 1. The minimum Gasteiger partial charge on any atom is -0.317 e. The molecular weight excluding hydrogens is 192 g/mol. The van der Waals surface area contributed by atoms with Gasteiger partial charge in [0, 0.05) is 17.3 Å². The summed E-state index contributed by atoms with van der Waals surface area (Å²) in [5.41, 5.74) is 1.32. The molecule has 0 aromatic carbocycles. The van der Waals surface area contributed by atoms with Gasteiger partial charge in [0.25, 0.3) is 0 Å². The molecule has 1 aliphatic carbocycles. The summed E-state index contributed by atoms with van der Waals surface area (Å²) in [6, 6.07) is 0.682. The minimum atomic E-state index is 0.678. The number of nitrogens with zero attached hydrogens (tertiary/aromatic N) is 1. The van der Waals surface area contributed by atoms with Gasteiger partial charge in [-0.05, 0) is 32.7 Å². The maximum Gasteiger partial charge on any atom is 0.0897 e. The van der Waals surface area contributed by atoms with Crippen LogP contribution in [0.3, 0.4) is 0 Å². The molecule has 2 rings (SSSR count). The molecule has 0 aliphatic heterocycles. The highest BCUT2D eigenvalue weighted by molar-refractivity contribution is 7.09. The molecule has 0 radical (unpaired) electrons. The molecule has 1 aliphatic rings. The zero-order valence-electron chi connectivity index (χ0n) is 9.08. The Kier molecular flexibility index (Phi) is 2.88. The predicted molar refractivity (Wildman–Crippen MR) is 60.8 cm³/mol. The quantitative estimate of drug-likeness (QED) is 0.811. The Hall–Kier alpha value is -0.410. The number of hydrogen-bond acceptors (Lipinski definition) is 3. The van der Waals surface area contributed by atoms with Crippen molar-refractivity contribution in [3.63, 3.8) is 0 Å². The number of rotatable bonds is 2. The van der Waals surface area contributed by atoms with Crippen LogP contribution in [0, 0.1) is 12.8 Å². The van der Waals surface area contributed by atoms with E-state index in [1.165, 1.54) is 23.5 Å². The molecule has 1 saturated carbocycles. The lowest BCUT2D eigenvalue weighted by Gasteiger charge is -2.18. The second-order valence-corrected chi connectivity index (χ2v) is 5.29. The maximum absolute atomic E-state index is 4.60. The average Bonchev–Trinajstić information content (AvgIpc) is 2.72. The molecule has 3 atom stereocenters. The van der Waals surface area contributed by atoms with Gasteiger partial charge in [0.15, 0.2) is 0 Å². The van der Waals surface area contributed by atoms with Crippen molar-refractivity contribution in [2.75, 3.05) is 7.05 Å². The number of aryl methyl sites for hydroxylation is 1. The molecule has 0 spiro atoms. The second kappa shape index (κ2) is 3.99. The Labute approximate surface area is 89.8 Å². The Morgan fingerprint density at radius 3 is 2.79 bits per heavy atom. The van der Waals surface area contributed by atoms with Crippen LogP contribution in [0.2, 0.25) is 0 Å². The zero-order valence-corrected chi connectivity index (χ0v) is 9.90. The molecule has 1 aromatic rings. The molecule has 0 amide bonds. The number of hydrogen-bond donors (Lipinski definition) is 1. The number of thiazole rings is 1. The fourth-order valence-electron chi connectivity index (χ4n) is 2.54. The molecular formula is C11H18N2S. The Morgan fingerprint density at radius 2 is 2.29 bits per heavy atom. The lowest BCUT2D eigenvalue weighted by Crippen LogP contribution is -2.28. The molecule has 78 valence electrons. The Bertz CT molecular complexity index is 308. The van der Waals surface area contributed by atoms with Crippen LogP contribution in [0.15, 0.2) is 5.38 Å². The fraction of sp³-hybridized carbons (Fsp3) is 0.727. The minimum absolute atomic E-state index is 0.678. The van der Waals surface area contributed by atoms with Crippen molar-refractivity contribution < 1.29 is 0 Å². The van der Waals surface area contributed by atoms with E-state index < -0.39 is 0 Å². The molecule has 1 heterocycles. The van der Waals surface area contributed by atoms with Crippen LogP contribution in [-0.2, 0) is 0 Å². The molecule has 1 aromatic heterocycles. The van der Waals surface area contributed by atoms with E-state index in [4.69, 9.17) is 0 Å². The van der Waals surface area contributed by atoms with Gasteiger partial charge in [0.05, 0.1) is 10.7 Å². The van der Waals surface area contributed by atoms with Crippen LogP contribution < -0.4 is 5.32 Å². The van der Waals surface area contributed by atoms with Gasteiger partial charge in [0.1, 0.15) is 0 Å². The van der Waals surface area contributed by atoms with Crippen LogP contribution in [0.25, 0.3) is 0 Å². The summed E-state index contributed by atoms with van der Waals surface area (Å²) in [7, 11) is 2.07. The first-order valence-electron chi connectivity index (χ1n) is 5.31. The second-order valence-electron chi connectivity index (χ2n) is 4.23. The van der Waals surface area contributed by atoms with E-state index in [1.807, 2.05) is 0 Å². The topological polar surface area (TPSA) is 24.9 Å². The van der Waals surface area contributed by atoms with E-state index in [-0.39, 0.29) is 0 Å². The highest BCUT2D eigenvalue weighted by Gasteiger charge is 2.33. The lowest BCUT2D eigenvalue weighted by atomic mass is 9.93. The summed E-state index contributed by atoms with van der Waals surface area (Å²) in [5.74, 6) is 1.40. The Balaban J connectivity index is 2.13. The van der Waals surface area contributed by atoms with E-state index >= 15 is 0 Å². The van der Waals surface area contributed by atoms with E-state index in [1.54, 1.807) is 11.3 Å². The molecule has 0 saturated heterocycles. The monoisotopic (exact) mass is 210 g/mol. The first kappa shape index (κ1) is 10.1. The van der Waals surface area contributed by atoms with E-state index in [2.05, 4.69) is 36.6 Å². The highest BCUT2D eigenvalue weighted by atomic mass is 32.1. The van der Waals surface area contributed by atoms with Gasteiger partial charge in [-0.15, -0.1) is 11.3 Å². The largest absolute Gasteiger partial charge is 0.317 e. The molecule has 3 unspecified atom stereocenters. The van der Waals surface area contributed by atoms with Crippen molar-refractivity contribution in [1.29, 1.82) is 0 Å². The summed E-state index contributed by atoms with van der Waals surface area (Å²) in [6.07, 6.45) is 2.58. The standard InChI is InChI=1S/C11H18N2S/c1-7-9(4-5-10(7)12-3)11-6-14-8(2)13-11/h6-7,9-10,12H,4-5H2,1-3H3. The van der Waals surface area contributed by atoms with Crippen LogP contribution >= 0.6 is 11.3 Å². The molecule has 14 heavy (non-hydrogen) atoms. The van der Waals surface area contributed by atoms with Gasteiger partial charge in [0.2, 0.25) is 0 Å². The van der Waals surface area contributed by atoms with Crippen LogP contribution in [0.5, 0.6) is 0 Å². The molecule has 1 fully saturated rings. The van der Waals surface area contributed by atoms with Gasteiger partial charge in [-0.25, -0.2) is 4.98 Å². The van der Waals surface area contributed by atoms with Gasteiger partial charge in [-0.2, -0.15) is 0 Å². The van der Waals surface area contributed by atoms with Gasteiger partial charge in [-0.1, -0.05) is 6.92 Å². The summed E-state index contributed by atoms with van der Waals surface area (Å²) in [6.45, 7) is 4.43. The van der Waals surface area contributed by atoms with Crippen molar-refractivity contribution >= 4 is 11.3 Å². The first-order chi connectivity index (χ1) is 6.72. The van der Waals surface area contributed by atoms with Crippen LogP contribution in [0.4, 0.5) is 0 Å². The maximum atomic E-state index is 4.60. The fourth-order valence-corrected chi connectivity index (χ4v) is 3.22. The molecule has 1 N–H and O–H groups in total. The third-order valence-corrected chi connectivity index (χ3v) is 4.24. The van der Waals surface area contributed by atoms with Crippen molar-refractivity contribution in [2.24, 2.45) is 5.92 Å². The van der Waals surface area contributed by atoms with Crippen LogP contribution in [-0.4, -0.2) is 18.1 Å². The molecule has 0 bridgehead atoms. The SMILES string of the molecule is CNC1CCC(c2csc(C)n2)C1C. The van der Waals surface area contributed by atoms with E-state index in [9.17, 15) is 0 Å². The van der Waals surface area contributed by atoms with Gasteiger partial charge >= 0.3 is 0 Å². The van der Waals surface area contributed by atoms with Crippen molar-refractivity contribution in [2.45, 2.75) is 38.6 Å². The summed E-state index contributed by atoms with van der Waals surface area (Å²) in [5, 5.41) is 6.82. The predicted octanol–water partition coefficient (Wildman–Crippen LogP) is 2.55. The van der Waals surface area contributed by atoms with Gasteiger partial charge < -0.3 is 5.32 Å². The van der Waals surface area contributed by atoms with Crippen molar-refractivity contribution in [1.82, 2.24) is 10.3 Å². The highest BCUT2D eigenvalue weighted by Crippen LogP contribution is 2.39. The smallest absolute Gasteiger partial charge is 0.0897 e. The summed E-state index contributed by atoms with van der Waals surface area (Å²) < 4.78 is 0. The average molecular weight is 210 g/mol. The normalized spacial score (nSPS) is 32.4. The summed E-state index contributed by atoms with van der Waals surface area (Å²) in [4.78, 5) is 4.60. The van der Waals surface area contributed by atoms with E-state index in [0.29, 0.717) is 12.0 Å². The third-order valence-electron chi connectivity index (χ3n) is 3.45. The Morgan fingerprint density at radius 1 is 1.50 bits per heavy atom. The molecule has 2 nitrogen and oxygen atoms in total. The lowest BCUT2D eigenvalue weighted by molar-refractivity contribution is 0.425.